The Morgan fingerprint density at radius 2 is 1.88 bits per heavy atom. The predicted molar refractivity (Wildman–Crippen MR) is 93.8 cm³/mol. The molecule has 26 heavy (non-hydrogen) atoms. The predicted octanol–water partition coefficient (Wildman–Crippen LogP) is 1.35. The number of rotatable bonds is 3. The number of methoxy groups -OCH3 is 2. The van der Waals surface area contributed by atoms with Crippen molar-refractivity contribution >= 4 is 23.5 Å². The Bertz CT molecular complexity index is 867. The van der Waals surface area contributed by atoms with E-state index in [9.17, 15) is 14.4 Å². The number of nitrogens with zero attached hydrogens (tertiary/aromatic N) is 1. The molecule has 2 aliphatic heterocycles. The maximum atomic E-state index is 12.5. The highest BCUT2D eigenvalue weighted by molar-refractivity contribution is 6.05. The summed E-state index contributed by atoms with van der Waals surface area (Å²) in [6.07, 6.45) is 6.79. The summed E-state index contributed by atoms with van der Waals surface area (Å²) in [5.74, 6) is -1.37. The van der Waals surface area contributed by atoms with Crippen molar-refractivity contribution in [3.8, 4) is 0 Å². The van der Waals surface area contributed by atoms with E-state index in [0.29, 0.717) is 12.2 Å². The number of allylic oxidation sites excluding steroid dienone is 2. The third-order valence-corrected chi connectivity index (χ3v) is 4.21. The molecule has 0 aliphatic carbocycles. The van der Waals surface area contributed by atoms with Gasteiger partial charge in [-0.05, 0) is 29.3 Å². The topological polar surface area (TPSA) is 84.9 Å². The molecule has 1 N–H and O–H groups in total. The monoisotopic (exact) mass is 354 g/mol. The van der Waals surface area contributed by atoms with Crippen molar-refractivity contribution in [3.05, 3.63) is 65.0 Å². The molecule has 0 aromatic heterocycles. The fourth-order valence-electron chi connectivity index (χ4n) is 2.99. The quantitative estimate of drug-likeness (QED) is 0.825. The fourth-order valence-corrected chi connectivity index (χ4v) is 2.99. The second-order valence-corrected chi connectivity index (χ2v) is 5.68. The van der Waals surface area contributed by atoms with E-state index < -0.39 is 11.9 Å². The van der Waals surface area contributed by atoms with Crippen molar-refractivity contribution < 1.29 is 23.9 Å². The number of benzene rings is 1. The van der Waals surface area contributed by atoms with E-state index in [4.69, 9.17) is 9.47 Å². The first-order valence-corrected chi connectivity index (χ1v) is 7.99. The van der Waals surface area contributed by atoms with Crippen LogP contribution in [0, 0.1) is 0 Å². The zero-order valence-corrected chi connectivity index (χ0v) is 14.4. The van der Waals surface area contributed by atoms with E-state index in [2.05, 4.69) is 5.32 Å². The first-order valence-electron chi connectivity index (χ1n) is 7.99. The number of anilines is 1. The third kappa shape index (κ3) is 3.11. The highest BCUT2D eigenvalue weighted by Crippen LogP contribution is 2.32. The molecule has 134 valence electrons. The van der Waals surface area contributed by atoms with Gasteiger partial charge >= 0.3 is 11.9 Å². The Balaban J connectivity index is 2.19. The molecule has 3 rings (SSSR count). The molecule has 0 atom stereocenters. The van der Waals surface area contributed by atoms with Crippen LogP contribution in [0.15, 0.2) is 53.9 Å². The van der Waals surface area contributed by atoms with Crippen LogP contribution in [0.1, 0.15) is 11.1 Å². The molecule has 0 fully saturated rings. The minimum atomic E-state index is -0.668. The minimum absolute atomic E-state index is 0.0506. The number of carbonyl (C=O) groups is 3. The standard InChI is InChI=1S/C19H18N2O5/c1-25-18(23)13-7-3-4-9-21(17(13)19(24)26-2)15-8-5-6-12-10-16(22)20-11-14(12)15/h3-9H,10-11H2,1-2H3,(H,20,22). The molecule has 1 amide bonds. The largest absolute Gasteiger partial charge is 0.465 e. The van der Waals surface area contributed by atoms with Crippen LogP contribution in [-0.4, -0.2) is 32.1 Å². The van der Waals surface area contributed by atoms with Crippen molar-refractivity contribution in [1.29, 1.82) is 0 Å². The van der Waals surface area contributed by atoms with Gasteiger partial charge in [0.15, 0.2) is 0 Å². The van der Waals surface area contributed by atoms with Crippen LogP contribution in [0.25, 0.3) is 0 Å². The second-order valence-electron chi connectivity index (χ2n) is 5.68. The highest BCUT2D eigenvalue weighted by Gasteiger charge is 2.29. The summed E-state index contributed by atoms with van der Waals surface area (Å²) in [5.41, 5.74) is 2.57. The van der Waals surface area contributed by atoms with E-state index in [0.717, 1.165) is 11.1 Å². The van der Waals surface area contributed by atoms with Gasteiger partial charge in [-0.1, -0.05) is 18.2 Å². The van der Waals surface area contributed by atoms with Crippen LogP contribution >= 0.6 is 0 Å². The molecule has 2 aliphatic rings. The number of esters is 2. The molecule has 0 saturated carbocycles. The van der Waals surface area contributed by atoms with Crippen LogP contribution in [0.4, 0.5) is 5.69 Å². The van der Waals surface area contributed by atoms with Crippen LogP contribution in [-0.2, 0) is 36.8 Å². The van der Waals surface area contributed by atoms with E-state index in [1.54, 1.807) is 23.3 Å². The van der Waals surface area contributed by atoms with Gasteiger partial charge in [0.25, 0.3) is 0 Å². The van der Waals surface area contributed by atoms with Crippen LogP contribution in [0.3, 0.4) is 0 Å². The number of amides is 1. The maximum Gasteiger partial charge on any atom is 0.355 e. The summed E-state index contributed by atoms with van der Waals surface area (Å²) >= 11 is 0. The first kappa shape index (κ1) is 17.5. The molecule has 0 bridgehead atoms. The Hall–Kier alpha value is -3.35. The van der Waals surface area contributed by atoms with Gasteiger partial charge in [-0.15, -0.1) is 0 Å². The summed E-state index contributed by atoms with van der Waals surface area (Å²) in [7, 11) is 2.50. The number of hydrogen-bond acceptors (Lipinski definition) is 6. The van der Waals surface area contributed by atoms with Crippen LogP contribution in [0.2, 0.25) is 0 Å². The zero-order valence-electron chi connectivity index (χ0n) is 14.4. The fraction of sp³-hybridized carbons (Fsp3) is 0.211. The van der Waals surface area contributed by atoms with Crippen molar-refractivity contribution in [2.45, 2.75) is 13.0 Å². The molecule has 1 aromatic carbocycles. The number of hydrogen-bond donors (Lipinski definition) is 1. The van der Waals surface area contributed by atoms with Gasteiger partial charge in [-0.3, -0.25) is 4.79 Å². The first-order chi connectivity index (χ1) is 12.6. The Kier molecular flexibility index (Phi) is 4.88. The van der Waals surface area contributed by atoms with Crippen LogP contribution in [0.5, 0.6) is 0 Å². The van der Waals surface area contributed by atoms with E-state index in [1.165, 1.54) is 20.3 Å². The highest BCUT2D eigenvalue weighted by atomic mass is 16.5. The second kappa shape index (κ2) is 7.26. The van der Waals surface area contributed by atoms with Crippen molar-refractivity contribution in [2.75, 3.05) is 19.1 Å². The van der Waals surface area contributed by atoms with Gasteiger partial charge in [0.2, 0.25) is 5.91 Å². The summed E-state index contributed by atoms with van der Waals surface area (Å²) < 4.78 is 9.71. The van der Waals surface area contributed by atoms with E-state index in [-0.39, 0.29) is 23.6 Å². The minimum Gasteiger partial charge on any atom is -0.465 e. The van der Waals surface area contributed by atoms with E-state index in [1.807, 2.05) is 18.2 Å². The third-order valence-electron chi connectivity index (χ3n) is 4.21. The molecular formula is C19H18N2O5. The van der Waals surface area contributed by atoms with Gasteiger partial charge in [-0.25, -0.2) is 9.59 Å². The number of fused-ring (bicyclic) bond motifs is 1. The van der Waals surface area contributed by atoms with Crippen molar-refractivity contribution in [2.24, 2.45) is 0 Å². The summed E-state index contributed by atoms with van der Waals surface area (Å²) in [6.45, 7) is 0.337. The molecule has 1 aromatic rings. The van der Waals surface area contributed by atoms with E-state index >= 15 is 0 Å². The number of nitrogens with one attached hydrogen (secondary N) is 1. The van der Waals surface area contributed by atoms with Gasteiger partial charge in [0, 0.05) is 12.7 Å². The molecule has 0 saturated heterocycles. The molecule has 7 heteroatoms. The molecule has 0 radical (unpaired) electrons. The van der Waals surface area contributed by atoms with Gasteiger partial charge in [-0.2, -0.15) is 0 Å². The zero-order chi connectivity index (χ0) is 18.7. The number of ether oxygens (including phenoxy) is 2. The van der Waals surface area contributed by atoms with Crippen molar-refractivity contribution in [1.82, 2.24) is 5.32 Å². The lowest BCUT2D eigenvalue weighted by molar-refractivity contribution is -0.139. The molecule has 7 nitrogen and oxygen atoms in total. The molecule has 2 heterocycles. The SMILES string of the molecule is COC(=O)C1=C(C(=O)OC)N(c2cccc3c2CNC(=O)C3)C=CC=C1. The Labute approximate surface area is 150 Å². The average Bonchev–Trinajstić information content (AvgIpc) is 2.88. The lowest BCUT2D eigenvalue weighted by Gasteiger charge is -2.28. The van der Waals surface area contributed by atoms with Gasteiger partial charge < -0.3 is 19.7 Å². The summed E-state index contributed by atoms with van der Waals surface area (Å²) in [6, 6.07) is 5.51. The Morgan fingerprint density at radius 3 is 2.62 bits per heavy atom. The average molecular weight is 354 g/mol. The lowest BCUT2D eigenvalue weighted by atomic mass is 9.97. The van der Waals surface area contributed by atoms with Crippen molar-refractivity contribution in [3.63, 3.8) is 0 Å². The lowest BCUT2D eigenvalue weighted by Crippen LogP contribution is -2.33. The normalized spacial score (nSPS) is 15.9. The van der Waals surface area contributed by atoms with Gasteiger partial charge in [0.05, 0.1) is 31.9 Å². The number of carbonyl (C=O) groups excluding carboxylic acids is 3. The summed E-state index contributed by atoms with van der Waals surface area (Å²) in [5, 5.41) is 2.81. The Morgan fingerprint density at radius 1 is 1.12 bits per heavy atom. The van der Waals surface area contributed by atoms with Crippen LogP contribution < -0.4 is 10.2 Å². The summed E-state index contributed by atoms with van der Waals surface area (Å²) in [4.78, 5) is 38.0. The maximum absolute atomic E-state index is 12.5. The molecule has 0 spiro atoms. The smallest absolute Gasteiger partial charge is 0.355 e. The molecular weight excluding hydrogens is 336 g/mol. The molecule has 0 unspecified atom stereocenters. The van der Waals surface area contributed by atoms with Gasteiger partial charge in [0.1, 0.15) is 5.70 Å².